The van der Waals surface area contributed by atoms with Crippen molar-refractivity contribution in [2.45, 2.75) is 20.3 Å². The number of benzene rings is 2. The van der Waals surface area contributed by atoms with Crippen LogP contribution in [0.3, 0.4) is 0 Å². The molecule has 0 aliphatic carbocycles. The molecule has 1 heterocycles. The van der Waals surface area contributed by atoms with Gasteiger partial charge in [-0.15, -0.1) is 0 Å². The second-order valence-electron chi connectivity index (χ2n) is 6.24. The van der Waals surface area contributed by atoms with Crippen LogP contribution in [-0.4, -0.2) is 29.3 Å². The van der Waals surface area contributed by atoms with Crippen molar-refractivity contribution >= 4 is 45.3 Å². The van der Waals surface area contributed by atoms with Crippen molar-refractivity contribution < 1.29 is 19.4 Å². The van der Waals surface area contributed by atoms with E-state index in [1.807, 2.05) is 25.1 Å². The molecule has 0 saturated heterocycles. The van der Waals surface area contributed by atoms with E-state index < -0.39 is 5.97 Å². The summed E-state index contributed by atoms with van der Waals surface area (Å²) in [4.78, 5) is 23.9. The second-order valence-corrected chi connectivity index (χ2v) is 7.16. The molecule has 1 aliphatic rings. The fourth-order valence-electron chi connectivity index (χ4n) is 2.74. The topological polar surface area (TPSA) is 79.2 Å². The lowest BCUT2D eigenvalue weighted by Crippen LogP contribution is -2.21. The third-order valence-electron chi connectivity index (χ3n) is 4.15. The number of carboxylic acid groups (broad SMARTS) is 1. The van der Waals surface area contributed by atoms with Gasteiger partial charge < -0.3 is 9.84 Å². The number of hydrogen-bond donors (Lipinski definition) is 1. The molecule has 1 N–H and O–H groups in total. The highest BCUT2D eigenvalue weighted by Crippen LogP contribution is 2.29. The third kappa shape index (κ3) is 4.14. The molecule has 28 heavy (non-hydrogen) atoms. The first kappa shape index (κ1) is 19.8. The number of ether oxygens (including phenoxy) is 1. The Morgan fingerprint density at radius 1 is 1.25 bits per heavy atom. The molecule has 0 fully saturated rings. The number of carboxylic acids is 1. The Balaban J connectivity index is 1.92. The molecule has 144 valence electrons. The minimum absolute atomic E-state index is 0.152. The van der Waals surface area contributed by atoms with Gasteiger partial charge in [0.2, 0.25) is 0 Å². The largest absolute Gasteiger partial charge is 0.493 e. The number of amides is 1. The molecule has 2 aromatic carbocycles. The minimum atomic E-state index is -1.02. The van der Waals surface area contributed by atoms with Crippen LogP contribution < -0.4 is 9.75 Å². The van der Waals surface area contributed by atoms with Crippen LogP contribution in [0.2, 0.25) is 0 Å². The molecule has 1 amide bonds. The van der Waals surface area contributed by atoms with E-state index >= 15 is 0 Å². The van der Waals surface area contributed by atoms with E-state index in [1.165, 1.54) is 17.1 Å². The highest BCUT2D eigenvalue weighted by Gasteiger charge is 2.29. The van der Waals surface area contributed by atoms with Crippen LogP contribution >= 0.6 is 15.9 Å². The standard InChI is InChI=1S/C21H19BrN2O4/c1-3-10-28-19-9-6-16(22)11-15(19)12-18-13(2)23-24(20(18)25)17-7-4-14(5-8-17)21(26)27/h4-9,11-12H,3,10H2,1-2H3,(H,26,27)/b18-12-. The highest BCUT2D eigenvalue weighted by atomic mass is 79.9. The highest BCUT2D eigenvalue weighted by molar-refractivity contribution is 9.10. The summed E-state index contributed by atoms with van der Waals surface area (Å²) in [5, 5.41) is 14.6. The molecule has 3 rings (SSSR count). The van der Waals surface area contributed by atoms with Crippen LogP contribution in [0.1, 0.15) is 36.2 Å². The summed E-state index contributed by atoms with van der Waals surface area (Å²) in [6.07, 6.45) is 2.65. The van der Waals surface area contributed by atoms with E-state index in [0.29, 0.717) is 29.3 Å². The van der Waals surface area contributed by atoms with Gasteiger partial charge in [0.15, 0.2) is 0 Å². The monoisotopic (exact) mass is 442 g/mol. The van der Waals surface area contributed by atoms with Crippen molar-refractivity contribution in [2.24, 2.45) is 5.10 Å². The number of carbonyl (C=O) groups excluding carboxylic acids is 1. The first-order valence-corrected chi connectivity index (χ1v) is 9.57. The van der Waals surface area contributed by atoms with Gasteiger partial charge in [-0.25, -0.2) is 4.79 Å². The van der Waals surface area contributed by atoms with E-state index in [-0.39, 0.29) is 11.5 Å². The zero-order valence-electron chi connectivity index (χ0n) is 15.5. The van der Waals surface area contributed by atoms with E-state index in [2.05, 4.69) is 21.0 Å². The quantitative estimate of drug-likeness (QED) is 0.654. The van der Waals surface area contributed by atoms with Gasteiger partial charge in [0.05, 0.1) is 29.1 Å². The number of rotatable bonds is 6. The molecule has 0 aromatic heterocycles. The average Bonchev–Trinajstić information content (AvgIpc) is 2.95. The normalized spacial score (nSPS) is 15.1. The molecule has 0 unspecified atom stereocenters. The first-order valence-electron chi connectivity index (χ1n) is 8.78. The fourth-order valence-corrected chi connectivity index (χ4v) is 3.11. The van der Waals surface area contributed by atoms with Gasteiger partial charge in [0, 0.05) is 10.0 Å². The van der Waals surface area contributed by atoms with Crippen molar-refractivity contribution in [3.8, 4) is 5.75 Å². The summed E-state index contributed by atoms with van der Waals surface area (Å²) in [6, 6.07) is 11.7. The second kappa shape index (κ2) is 8.39. The minimum Gasteiger partial charge on any atom is -0.493 e. The summed E-state index contributed by atoms with van der Waals surface area (Å²) in [5.74, 6) is -0.599. The molecule has 0 atom stereocenters. The molecule has 0 radical (unpaired) electrons. The number of carbonyl (C=O) groups is 2. The van der Waals surface area contributed by atoms with Crippen LogP contribution in [0, 0.1) is 0 Å². The lowest BCUT2D eigenvalue weighted by atomic mass is 10.1. The lowest BCUT2D eigenvalue weighted by molar-refractivity contribution is -0.114. The van der Waals surface area contributed by atoms with Crippen molar-refractivity contribution in [3.63, 3.8) is 0 Å². The maximum atomic E-state index is 12.9. The van der Waals surface area contributed by atoms with Gasteiger partial charge in [-0.2, -0.15) is 10.1 Å². The molecule has 0 saturated carbocycles. The van der Waals surface area contributed by atoms with E-state index in [0.717, 1.165) is 16.5 Å². The first-order chi connectivity index (χ1) is 13.4. The predicted octanol–water partition coefficient (Wildman–Crippen LogP) is 4.74. The van der Waals surface area contributed by atoms with E-state index in [4.69, 9.17) is 9.84 Å². The summed E-state index contributed by atoms with van der Waals surface area (Å²) < 4.78 is 6.66. The van der Waals surface area contributed by atoms with Crippen molar-refractivity contribution in [2.75, 3.05) is 11.6 Å². The van der Waals surface area contributed by atoms with Crippen LogP contribution in [0.25, 0.3) is 6.08 Å². The van der Waals surface area contributed by atoms with Crippen LogP contribution in [0.4, 0.5) is 5.69 Å². The molecule has 2 aromatic rings. The molecule has 1 aliphatic heterocycles. The Labute approximate surface area is 171 Å². The SMILES string of the molecule is CCCOc1ccc(Br)cc1/C=C1\C(=O)N(c2ccc(C(=O)O)cc2)N=C1C. The zero-order valence-corrected chi connectivity index (χ0v) is 17.1. The Kier molecular flexibility index (Phi) is 5.94. The van der Waals surface area contributed by atoms with Crippen LogP contribution in [-0.2, 0) is 4.79 Å². The number of halogens is 1. The van der Waals surface area contributed by atoms with Gasteiger partial charge in [-0.1, -0.05) is 22.9 Å². The van der Waals surface area contributed by atoms with E-state index in [9.17, 15) is 9.59 Å². The van der Waals surface area contributed by atoms with Crippen molar-refractivity contribution in [1.29, 1.82) is 0 Å². The Morgan fingerprint density at radius 3 is 2.61 bits per heavy atom. The maximum absolute atomic E-state index is 12.9. The number of nitrogens with zero attached hydrogens (tertiary/aromatic N) is 2. The number of aromatic carboxylic acids is 1. The van der Waals surface area contributed by atoms with E-state index in [1.54, 1.807) is 25.1 Å². The van der Waals surface area contributed by atoms with Crippen molar-refractivity contribution in [1.82, 2.24) is 0 Å². The van der Waals surface area contributed by atoms with Crippen LogP contribution in [0.5, 0.6) is 5.75 Å². The fraction of sp³-hybridized carbons (Fsp3) is 0.190. The van der Waals surface area contributed by atoms with Gasteiger partial charge in [-0.05, 0) is 61.9 Å². The summed E-state index contributed by atoms with van der Waals surface area (Å²) in [5.41, 5.74) is 2.48. The van der Waals surface area contributed by atoms with Crippen LogP contribution in [0.15, 0.2) is 57.6 Å². The summed E-state index contributed by atoms with van der Waals surface area (Å²) in [6.45, 7) is 4.38. The van der Waals surface area contributed by atoms with Crippen molar-refractivity contribution in [3.05, 3.63) is 63.6 Å². The third-order valence-corrected chi connectivity index (χ3v) is 4.65. The zero-order chi connectivity index (χ0) is 20.3. The van der Waals surface area contributed by atoms with Gasteiger partial charge in [0.25, 0.3) is 5.91 Å². The summed E-state index contributed by atoms with van der Waals surface area (Å²) in [7, 11) is 0. The molecule has 0 bridgehead atoms. The predicted molar refractivity (Wildman–Crippen MR) is 112 cm³/mol. The number of anilines is 1. The molecule has 6 nitrogen and oxygen atoms in total. The lowest BCUT2D eigenvalue weighted by Gasteiger charge is -2.12. The molecular weight excluding hydrogens is 424 g/mol. The molecule has 7 heteroatoms. The number of hydrazone groups is 1. The average molecular weight is 443 g/mol. The van der Waals surface area contributed by atoms with Gasteiger partial charge in [0.1, 0.15) is 5.75 Å². The summed E-state index contributed by atoms with van der Waals surface area (Å²) >= 11 is 3.45. The molecular formula is C21H19BrN2O4. The van der Waals surface area contributed by atoms with Gasteiger partial charge in [-0.3, -0.25) is 4.79 Å². The Morgan fingerprint density at radius 2 is 1.96 bits per heavy atom. The van der Waals surface area contributed by atoms with Gasteiger partial charge >= 0.3 is 5.97 Å². The molecule has 0 spiro atoms. The smallest absolute Gasteiger partial charge is 0.335 e. The number of hydrogen-bond acceptors (Lipinski definition) is 4. The Hall–Kier alpha value is -2.93. The maximum Gasteiger partial charge on any atom is 0.335 e. The Bertz CT molecular complexity index is 980.